The summed E-state index contributed by atoms with van der Waals surface area (Å²) in [5.41, 5.74) is -0.160. The Kier molecular flexibility index (Phi) is 5.07. The molecule has 0 unspecified atom stereocenters. The van der Waals surface area contributed by atoms with E-state index in [1.807, 2.05) is 32.0 Å². The minimum Gasteiger partial charge on any atom is -0.381 e. The van der Waals surface area contributed by atoms with Crippen LogP contribution >= 0.6 is 0 Å². The second kappa shape index (κ2) is 7.97. The number of nitrogens with zero attached hydrogens (tertiary/aromatic N) is 3. The normalized spacial score (nSPS) is 28.9. The predicted molar refractivity (Wildman–Crippen MR) is 134 cm³/mol. The minimum absolute atomic E-state index is 0.0919. The molecule has 5 atom stereocenters. The van der Waals surface area contributed by atoms with Crippen LogP contribution in [0.2, 0.25) is 0 Å². The van der Waals surface area contributed by atoms with Crippen molar-refractivity contribution in [2.45, 2.75) is 63.5 Å². The molecule has 4 heterocycles. The summed E-state index contributed by atoms with van der Waals surface area (Å²) in [5.74, 6) is 0.277. The van der Waals surface area contributed by atoms with E-state index in [2.05, 4.69) is 10.6 Å². The van der Waals surface area contributed by atoms with E-state index in [1.165, 1.54) is 4.57 Å². The Balaban J connectivity index is 1.48. The Morgan fingerprint density at radius 1 is 1.08 bits per heavy atom. The molecule has 2 aromatic carbocycles. The molecule has 3 aromatic rings. The number of hydrogen-bond acceptors (Lipinski definition) is 6. The molecule has 1 aromatic heterocycles. The summed E-state index contributed by atoms with van der Waals surface area (Å²) in [6, 6.07) is 12.4. The summed E-state index contributed by atoms with van der Waals surface area (Å²) in [6.45, 7) is 5.88. The third-order valence-corrected chi connectivity index (χ3v) is 7.64. The highest BCUT2D eigenvalue weighted by molar-refractivity contribution is 6.02. The summed E-state index contributed by atoms with van der Waals surface area (Å²) in [7, 11) is 0. The quantitative estimate of drug-likeness (QED) is 0.519. The van der Waals surface area contributed by atoms with Crippen molar-refractivity contribution in [3.63, 3.8) is 0 Å². The van der Waals surface area contributed by atoms with E-state index >= 15 is 0 Å². The van der Waals surface area contributed by atoms with Crippen LogP contribution in [0.3, 0.4) is 0 Å². The highest BCUT2D eigenvalue weighted by Gasteiger charge is 2.59. The van der Waals surface area contributed by atoms with E-state index in [9.17, 15) is 19.5 Å². The molecule has 9 heteroatoms. The van der Waals surface area contributed by atoms with Gasteiger partial charge in [0, 0.05) is 12.0 Å². The van der Waals surface area contributed by atoms with Crippen LogP contribution in [0.25, 0.3) is 10.9 Å². The number of benzene rings is 2. The summed E-state index contributed by atoms with van der Waals surface area (Å²) < 4.78 is 1.43. The van der Waals surface area contributed by atoms with Crippen LogP contribution in [-0.2, 0) is 15.2 Å². The molecule has 186 valence electrons. The molecule has 0 radical (unpaired) electrons. The Hall–Kier alpha value is -3.56. The molecule has 0 saturated carbocycles. The molecule has 0 aliphatic carbocycles. The van der Waals surface area contributed by atoms with E-state index in [0.717, 1.165) is 0 Å². The van der Waals surface area contributed by atoms with E-state index in [0.29, 0.717) is 34.4 Å². The maximum atomic E-state index is 13.6. The molecule has 0 spiro atoms. The number of aromatic nitrogens is 2. The summed E-state index contributed by atoms with van der Waals surface area (Å²) >= 11 is 0. The molecule has 1 fully saturated rings. The Bertz CT molecular complexity index is 1470. The van der Waals surface area contributed by atoms with Gasteiger partial charge in [0.05, 0.1) is 28.7 Å². The highest BCUT2D eigenvalue weighted by atomic mass is 16.3. The van der Waals surface area contributed by atoms with Crippen molar-refractivity contribution in [1.29, 1.82) is 0 Å². The topological polar surface area (TPSA) is 117 Å². The van der Waals surface area contributed by atoms with Gasteiger partial charge in [-0.1, -0.05) is 44.2 Å². The van der Waals surface area contributed by atoms with E-state index in [-0.39, 0.29) is 29.7 Å². The lowest BCUT2D eigenvalue weighted by Gasteiger charge is -2.37. The van der Waals surface area contributed by atoms with Gasteiger partial charge < -0.3 is 10.4 Å². The van der Waals surface area contributed by atoms with Crippen LogP contribution in [-0.4, -0.2) is 38.7 Å². The van der Waals surface area contributed by atoms with Crippen LogP contribution in [0, 0.1) is 5.92 Å². The van der Waals surface area contributed by atoms with Gasteiger partial charge in [-0.25, -0.2) is 4.98 Å². The smallest absolute Gasteiger partial charge is 0.262 e. The van der Waals surface area contributed by atoms with Gasteiger partial charge >= 0.3 is 0 Å². The number of fused-ring (bicyclic) bond motifs is 5. The highest BCUT2D eigenvalue weighted by Crippen LogP contribution is 2.49. The Morgan fingerprint density at radius 3 is 2.58 bits per heavy atom. The number of carbonyl (C=O) groups is 2. The van der Waals surface area contributed by atoms with Crippen LogP contribution in [0.1, 0.15) is 57.1 Å². The lowest BCUT2D eigenvalue weighted by molar-refractivity contribution is -0.129. The first-order chi connectivity index (χ1) is 17.2. The molecule has 36 heavy (non-hydrogen) atoms. The first kappa shape index (κ1) is 22.9. The van der Waals surface area contributed by atoms with Crippen molar-refractivity contribution < 1.29 is 14.7 Å². The average Bonchev–Trinajstić information content (AvgIpc) is 3.29. The minimum atomic E-state index is -1.59. The molecule has 0 bridgehead atoms. The van der Waals surface area contributed by atoms with Crippen molar-refractivity contribution in [2.75, 3.05) is 4.90 Å². The van der Waals surface area contributed by atoms with Gasteiger partial charge in [-0.15, -0.1) is 0 Å². The van der Waals surface area contributed by atoms with E-state index in [1.54, 1.807) is 42.2 Å². The first-order valence-electron chi connectivity index (χ1n) is 12.4. The monoisotopic (exact) mass is 487 g/mol. The number of carbonyl (C=O) groups excluding carboxylic acids is 2. The third-order valence-electron chi connectivity index (χ3n) is 7.64. The van der Waals surface area contributed by atoms with E-state index in [4.69, 9.17) is 4.98 Å². The van der Waals surface area contributed by atoms with Crippen molar-refractivity contribution in [2.24, 2.45) is 5.92 Å². The zero-order valence-corrected chi connectivity index (χ0v) is 20.4. The van der Waals surface area contributed by atoms with Gasteiger partial charge in [-0.2, -0.15) is 0 Å². The van der Waals surface area contributed by atoms with Crippen LogP contribution in [0.15, 0.2) is 53.3 Å². The van der Waals surface area contributed by atoms with Crippen LogP contribution in [0.4, 0.5) is 5.69 Å². The number of para-hydroxylation sites is 2. The molecule has 9 nitrogen and oxygen atoms in total. The van der Waals surface area contributed by atoms with Crippen molar-refractivity contribution >= 4 is 28.4 Å². The van der Waals surface area contributed by atoms with Gasteiger partial charge in [0.1, 0.15) is 23.6 Å². The molecular weight excluding hydrogens is 458 g/mol. The molecular formula is C27H29N5O4. The van der Waals surface area contributed by atoms with Gasteiger partial charge in [-0.05, 0) is 37.5 Å². The zero-order chi connectivity index (χ0) is 25.4. The second-order valence-electron chi connectivity index (χ2n) is 10.5. The molecule has 2 amide bonds. The van der Waals surface area contributed by atoms with Crippen molar-refractivity contribution in [3.05, 3.63) is 70.3 Å². The lowest BCUT2D eigenvalue weighted by atomic mass is 9.85. The fourth-order valence-corrected chi connectivity index (χ4v) is 6.04. The first-order valence-corrected chi connectivity index (χ1v) is 12.4. The Morgan fingerprint density at radius 2 is 1.81 bits per heavy atom. The van der Waals surface area contributed by atoms with Crippen LogP contribution < -0.4 is 21.1 Å². The fourth-order valence-electron chi connectivity index (χ4n) is 6.04. The van der Waals surface area contributed by atoms with Gasteiger partial charge in [0.25, 0.3) is 5.56 Å². The van der Waals surface area contributed by atoms with Crippen molar-refractivity contribution in [3.8, 4) is 0 Å². The fraction of sp³-hybridized carbons (Fsp3) is 0.407. The zero-order valence-electron chi connectivity index (χ0n) is 20.4. The van der Waals surface area contributed by atoms with Crippen LogP contribution in [0.5, 0.6) is 0 Å². The number of aliphatic hydroxyl groups is 1. The average molecular weight is 488 g/mol. The number of anilines is 1. The lowest BCUT2D eigenvalue weighted by Crippen LogP contribution is -2.54. The number of nitrogens with one attached hydrogen (secondary N) is 2. The van der Waals surface area contributed by atoms with Gasteiger partial charge in [-0.3, -0.25) is 29.2 Å². The number of hydrogen-bond donors (Lipinski definition) is 3. The maximum absolute atomic E-state index is 13.6. The number of rotatable bonds is 4. The summed E-state index contributed by atoms with van der Waals surface area (Å²) in [5, 5.41) is 19.0. The molecule has 1 saturated heterocycles. The number of amides is 2. The standard InChI is InChI=1S/C27H29N5O4/c1-14(2)12-19-25(35)32-20-11-7-5-9-17(20)27(36,26(32)30-19)13-21-23(33)28-15(3)22-29-18-10-6-4-8-16(18)24(34)31(21)22/h4-11,14-15,19,21,26,30,36H,12-13H2,1-3H3,(H,28,33)/t15-,19-,21+,26+,27-/m1/s1. The second-order valence-corrected chi connectivity index (χ2v) is 10.5. The summed E-state index contributed by atoms with van der Waals surface area (Å²) in [4.78, 5) is 46.7. The summed E-state index contributed by atoms with van der Waals surface area (Å²) in [6.07, 6.45) is -0.208. The molecule has 3 N–H and O–H groups in total. The molecule has 3 aliphatic heterocycles. The molecule has 6 rings (SSSR count). The SMILES string of the molecule is CC(C)C[C@H]1N[C@H]2N(C1=O)c1ccccc1[C@]2(O)C[C@H]1C(=O)N[C@H](C)c2nc3ccccc3c(=O)n21. The largest absolute Gasteiger partial charge is 0.381 e. The van der Waals surface area contributed by atoms with Gasteiger partial charge in [0.2, 0.25) is 11.8 Å². The third kappa shape index (κ3) is 3.16. The molecule has 3 aliphatic rings. The maximum Gasteiger partial charge on any atom is 0.262 e. The predicted octanol–water partition coefficient (Wildman–Crippen LogP) is 2.10. The van der Waals surface area contributed by atoms with E-state index < -0.39 is 29.9 Å². The van der Waals surface area contributed by atoms with Gasteiger partial charge in [0.15, 0.2) is 0 Å². The Labute approximate surface area is 208 Å². The van der Waals surface area contributed by atoms with Crippen molar-refractivity contribution in [1.82, 2.24) is 20.2 Å².